The van der Waals surface area contributed by atoms with Gasteiger partial charge in [0.1, 0.15) is 29.6 Å². The molecule has 1 radical (unpaired) electrons. The van der Waals surface area contributed by atoms with Gasteiger partial charge < -0.3 is 24.9 Å². The van der Waals surface area contributed by atoms with Crippen LogP contribution in [0.4, 0.5) is 15.8 Å². The molecule has 0 unspecified atom stereocenters. The third-order valence-corrected chi connectivity index (χ3v) is 9.74. The van der Waals surface area contributed by atoms with Gasteiger partial charge in [-0.05, 0) is 128 Å². The van der Waals surface area contributed by atoms with E-state index in [2.05, 4.69) is 59.1 Å². The standard InChI is InChI=1S/C16H22BN2O2.C10H9BrN2.C7H3BrFN.C3H7N/c1-15(2,20)16(3,4)21-17-13-7-5-8-14(12(13)11-18)19-9-6-10-19;11-9-3-1-4-10(8(9)7-12)13-5-2-6-13;8-6-2-1-3-7(9)5(6)4-10;1-2-4-3-1/h5,7-8,20H,6,9-10H2,1-4H3;1,3-4H,2,5-6H2;1-3H;4H,1-3H2. The van der Waals surface area contributed by atoms with E-state index < -0.39 is 17.0 Å². The largest absolute Gasteiger partial charge is 0.427 e. The molecule has 8 nitrogen and oxygen atoms in total. The molecule has 0 aromatic heterocycles. The molecular weight excluding hydrogens is 738 g/mol. The van der Waals surface area contributed by atoms with Crippen molar-refractivity contribution in [1.82, 2.24) is 5.32 Å². The normalized spacial score (nSPS) is 14.6. The van der Waals surface area contributed by atoms with E-state index >= 15 is 0 Å². The number of benzene rings is 3. The van der Waals surface area contributed by atoms with E-state index in [1.165, 1.54) is 38.4 Å². The minimum absolute atomic E-state index is 0.0579. The SMILES string of the molecule is C1CNC1.CC(C)(O)C(C)(C)O[B]c1cccc(N2CCC2)c1C#N.N#Cc1c(Br)cccc1N1CCC1.N#Cc1c(F)cccc1Br. The van der Waals surface area contributed by atoms with Gasteiger partial charge in [0.25, 0.3) is 0 Å². The van der Waals surface area contributed by atoms with Gasteiger partial charge in [-0.3, -0.25) is 0 Å². The van der Waals surface area contributed by atoms with Crippen LogP contribution in [0.3, 0.4) is 0 Å². The summed E-state index contributed by atoms with van der Waals surface area (Å²) in [5, 5.41) is 40.0. The molecule has 0 spiro atoms. The summed E-state index contributed by atoms with van der Waals surface area (Å²) in [4.78, 5) is 4.42. The van der Waals surface area contributed by atoms with E-state index in [1.54, 1.807) is 39.5 Å². The Labute approximate surface area is 301 Å². The van der Waals surface area contributed by atoms with Crippen LogP contribution in [-0.4, -0.2) is 63.1 Å². The fourth-order valence-electron chi connectivity index (χ4n) is 4.18. The average Bonchev–Trinajstić information content (AvgIpc) is 2.94. The van der Waals surface area contributed by atoms with Crippen molar-refractivity contribution in [3.63, 3.8) is 0 Å². The highest BCUT2D eigenvalue weighted by Gasteiger charge is 2.36. The molecule has 3 aliphatic heterocycles. The van der Waals surface area contributed by atoms with Gasteiger partial charge >= 0.3 is 7.48 Å². The zero-order valence-electron chi connectivity index (χ0n) is 27.9. The van der Waals surface area contributed by atoms with Crippen LogP contribution in [0.5, 0.6) is 0 Å². The molecule has 3 heterocycles. The van der Waals surface area contributed by atoms with Crippen molar-refractivity contribution < 1.29 is 14.2 Å². The fourth-order valence-corrected chi connectivity index (χ4v) is 5.05. The topological polar surface area (TPSA) is 119 Å². The smallest absolute Gasteiger partial charge is 0.332 e. The van der Waals surface area contributed by atoms with Crippen LogP contribution < -0.4 is 20.6 Å². The number of hydrogen-bond acceptors (Lipinski definition) is 8. The molecule has 0 aliphatic carbocycles. The maximum Gasteiger partial charge on any atom is 0.332 e. The van der Waals surface area contributed by atoms with Crippen LogP contribution in [0.1, 0.15) is 63.6 Å². The molecule has 0 amide bonds. The average molecular weight is 779 g/mol. The quantitative estimate of drug-likeness (QED) is 0.271. The van der Waals surface area contributed by atoms with Gasteiger partial charge in [-0.2, -0.15) is 15.8 Å². The minimum atomic E-state index is -0.981. The van der Waals surface area contributed by atoms with Crippen molar-refractivity contribution in [1.29, 1.82) is 15.8 Å². The summed E-state index contributed by atoms with van der Waals surface area (Å²) in [6.07, 6.45) is 3.79. The zero-order chi connectivity index (χ0) is 35.3. The van der Waals surface area contributed by atoms with Crippen molar-refractivity contribution in [2.45, 2.75) is 58.2 Å². The Hall–Kier alpha value is -3.44. The first kappa shape index (κ1) is 39.0. The molecule has 0 bridgehead atoms. The van der Waals surface area contributed by atoms with Crippen molar-refractivity contribution in [3.05, 3.63) is 86.1 Å². The molecule has 12 heteroatoms. The van der Waals surface area contributed by atoms with Crippen LogP contribution >= 0.6 is 31.9 Å². The lowest BCUT2D eigenvalue weighted by Crippen LogP contribution is -2.49. The number of rotatable bonds is 6. The van der Waals surface area contributed by atoms with Gasteiger partial charge in [0.05, 0.1) is 33.7 Å². The van der Waals surface area contributed by atoms with Crippen LogP contribution in [0, 0.1) is 39.8 Å². The zero-order valence-corrected chi connectivity index (χ0v) is 31.0. The van der Waals surface area contributed by atoms with Crippen LogP contribution in [0.15, 0.2) is 63.5 Å². The van der Waals surface area contributed by atoms with E-state index in [9.17, 15) is 14.8 Å². The molecule has 0 atom stereocenters. The Balaban J connectivity index is 0.000000196. The predicted molar refractivity (Wildman–Crippen MR) is 197 cm³/mol. The van der Waals surface area contributed by atoms with Crippen LogP contribution in [0.2, 0.25) is 0 Å². The second kappa shape index (κ2) is 18.4. The Kier molecular flexibility index (Phi) is 14.9. The Morgan fingerprint density at radius 3 is 1.56 bits per heavy atom. The number of anilines is 2. The molecule has 251 valence electrons. The summed E-state index contributed by atoms with van der Waals surface area (Å²) in [6, 6.07) is 22.3. The fraction of sp³-hybridized carbons (Fsp3) is 0.417. The van der Waals surface area contributed by atoms with E-state index in [-0.39, 0.29) is 5.56 Å². The lowest BCUT2D eigenvalue weighted by Gasteiger charge is -2.38. The second-order valence-electron chi connectivity index (χ2n) is 12.4. The highest BCUT2D eigenvalue weighted by Crippen LogP contribution is 2.30. The maximum atomic E-state index is 12.6. The molecule has 6 rings (SSSR count). The minimum Gasteiger partial charge on any atom is -0.427 e. The summed E-state index contributed by atoms with van der Waals surface area (Å²) in [6.45, 7) is 13.7. The first-order chi connectivity index (χ1) is 22.8. The van der Waals surface area contributed by atoms with Crippen molar-refractivity contribution in [2.24, 2.45) is 0 Å². The lowest BCUT2D eigenvalue weighted by molar-refractivity contribution is -0.0893. The number of aliphatic hydroxyl groups is 1. The van der Waals surface area contributed by atoms with Gasteiger partial charge in [0.15, 0.2) is 0 Å². The molecule has 3 aliphatic rings. The van der Waals surface area contributed by atoms with E-state index in [0.29, 0.717) is 10.0 Å². The molecule has 3 aromatic rings. The van der Waals surface area contributed by atoms with Gasteiger partial charge in [-0.1, -0.05) is 24.3 Å². The van der Waals surface area contributed by atoms with Crippen molar-refractivity contribution in [3.8, 4) is 18.2 Å². The molecule has 2 N–H and O–H groups in total. The highest BCUT2D eigenvalue weighted by molar-refractivity contribution is 9.10. The Morgan fingerprint density at radius 1 is 0.750 bits per heavy atom. The number of nitrogens with zero attached hydrogens (tertiary/aromatic N) is 5. The van der Waals surface area contributed by atoms with Gasteiger partial charge in [0, 0.05) is 35.1 Å². The van der Waals surface area contributed by atoms with E-state index in [0.717, 1.165) is 53.1 Å². The number of halogens is 3. The Morgan fingerprint density at radius 2 is 1.19 bits per heavy atom. The van der Waals surface area contributed by atoms with Crippen molar-refractivity contribution >= 4 is 56.2 Å². The molecular formula is C36H41BBr2FN6O2. The van der Waals surface area contributed by atoms with E-state index in [4.69, 9.17) is 15.2 Å². The first-order valence-electron chi connectivity index (χ1n) is 15.8. The summed E-state index contributed by atoms with van der Waals surface area (Å²) in [5.41, 5.74) is 2.48. The van der Waals surface area contributed by atoms with Gasteiger partial charge in [0.2, 0.25) is 0 Å². The van der Waals surface area contributed by atoms with Gasteiger partial charge in [-0.15, -0.1) is 0 Å². The number of nitrogens with one attached hydrogen (secondary N) is 1. The molecule has 3 aromatic carbocycles. The molecule has 3 fully saturated rings. The number of nitriles is 3. The monoisotopic (exact) mass is 777 g/mol. The van der Waals surface area contributed by atoms with Gasteiger partial charge in [-0.25, -0.2) is 4.39 Å². The third-order valence-electron chi connectivity index (χ3n) is 8.42. The Bertz CT molecular complexity index is 1630. The summed E-state index contributed by atoms with van der Waals surface area (Å²) in [7, 11) is 1.58. The third kappa shape index (κ3) is 10.5. The highest BCUT2D eigenvalue weighted by atomic mass is 79.9. The first-order valence-corrected chi connectivity index (χ1v) is 17.4. The molecule has 48 heavy (non-hydrogen) atoms. The lowest BCUT2D eigenvalue weighted by atomic mass is 9.80. The summed E-state index contributed by atoms with van der Waals surface area (Å²) >= 11 is 6.42. The summed E-state index contributed by atoms with van der Waals surface area (Å²) in [5.74, 6) is -0.489. The van der Waals surface area contributed by atoms with Crippen LogP contribution in [0.25, 0.3) is 0 Å². The predicted octanol–water partition coefficient (Wildman–Crippen LogP) is 6.55. The molecule has 0 saturated carbocycles. The van der Waals surface area contributed by atoms with E-state index in [1.807, 2.05) is 50.2 Å². The van der Waals surface area contributed by atoms with Crippen LogP contribution in [-0.2, 0) is 4.65 Å². The molecule has 3 saturated heterocycles. The number of hydrogen-bond donors (Lipinski definition) is 2. The second-order valence-corrected chi connectivity index (χ2v) is 14.1. The summed E-state index contributed by atoms with van der Waals surface area (Å²) < 4.78 is 19.7. The van der Waals surface area contributed by atoms with Crippen molar-refractivity contribution in [2.75, 3.05) is 49.1 Å². The maximum absolute atomic E-state index is 12.6.